The van der Waals surface area contributed by atoms with E-state index in [1.807, 2.05) is 28.9 Å². The van der Waals surface area contributed by atoms with Crippen LogP contribution in [0.3, 0.4) is 0 Å². The first kappa shape index (κ1) is 19.5. The summed E-state index contributed by atoms with van der Waals surface area (Å²) in [6, 6.07) is 8.65. The number of carbonyl (C=O) groups excluding carboxylic acids is 1. The predicted molar refractivity (Wildman–Crippen MR) is 115 cm³/mol. The molecule has 0 aliphatic carbocycles. The smallest absolute Gasteiger partial charge is 0.326 e. The van der Waals surface area contributed by atoms with Gasteiger partial charge >= 0.3 is 5.97 Å². The van der Waals surface area contributed by atoms with Crippen LogP contribution in [0.25, 0.3) is 10.3 Å². The number of ether oxygens (including phenoxy) is 1. The van der Waals surface area contributed by atoms with Gasteiger partial charge < -0.3 is 9.30 Å². The summed E-state index contributed by atoms with van der Waals surface area (Å²) in [4.78, 5) is 17.9. The second-order valence-corrected chi connectivity index (χ2v) is 8.97. The minimum absolute atomic E-state index is 0.212. The van der Waals surface area contributed by atoms with Gasteiger partial charge in [0.15, 0.2) is 5.65 Å². The van der Waals surface area contributed by atoms with Gasteiger partial charge in [-0.1, -0.05) is 18.2 Å². The van der Waals surface area contributed by atoms with Gasteiger partial charge in [0.1, 0.15) is 6.54 Å². The molecular formula is C21H25N3O2S2. The van der Waals surface area contributed by atoms with E-state index in [0.29, 0.717) is 6.61 Å². The molecule has 0 radical (unpaired) electrons. The first-order chi connectivity index (χ1) is 13.7. The molecule has 7 heteroatoms. The van der Waals surface area contributed by atoms with E-state index in [-0.39, 0.29) is 12.5 Å². The number of aromatic nitrogens is 2. The van der Waals surface area contributed by atoms with Crippen LogP contribution in [0.4, 0.5) is 0 Å². The molecule has 1 aliphatic rings. The molecule has 5 nitrogen and oxygen atoms in total. The van der Waals surface area contributed by atoms with Crippen LogP contribution >= 0.6 is 23.3 Å². The highest BCUT2D eigenvalue weighted by Gasteiger charge is 2.21. The van der Waals surface area contributed by atoms with E-state index in [2.05, 4.69) is 40.5 Å². The quantitative estimate of drug-likeness (QED) is 0.415. The number of carbonyl (C=O) groups is 1. The number of thiazole rings is 1. The van der Waals surface area contributed by atoms with Crippen LogP contribution in [-0.2, 0) is 22.5 Å². The first-order valence-electron chi connectivity index (χ1n) is 9.75. The summed E-state index contributed by atoms with van der Waals surface area (Å²) in [6.45, 7) is 6.84. The zero-order chi connectivity index (χ0) is 19.5. The van der Waals surface area contributed by atoms with Gasteiger partial charge in [-0.2, -0.15) is 0 Å². The van der Waals surface area contributed by atoms with E-state index < -0.39 is 0 Å². The molecule has 3 aromatic rings. The van der Waals surface area contributed by atoms with Gasteiger partial charge in [-0.15, -0.1) is 11.3 Å². The lowest BCUT2D eigenvalue weighted by atomic mass is 10.1. The van der Waals surface area contributed by atoms with Crippen LogP contribution in [0.1, 0.15) is 36.6 Å². The van der Waals surface area contributed by atoms with E-state index in [4.69, 9.17) is 4.74 Å². The minimum atomic E-state index is -0.216. The Kier molecular flexibility index (Phi) is 6.04. The summed E-state index contributed by atoms with van der Waals surface area (Å²) in [7, 11) is 0. The molecule has 3 heterocycles. The maximum Gasteiger partial charge on any atom is 0.326 e. The third-order valence-electron chi connectivity index (χ3n) is 5.14. The number of hydrogen-bond donors (Lipinski definition) is 0. The maximum absolute atomic E-state index is 12.1. The predicted octanol–water partition coefficient (Wildman–Crippen LogP) is 4.66. The number of nitrogens with zero attached hydrogens (tertiary/aromatic N) is 3. The molecule has 1 aromatic carbocycles. The topological polar surface area (TPSA) is 47.4 Å². The Bertz CT molecular complexity index is 973. The normalized spacial score (nSPS) is 14.8. The van der Waals surface area contributed by atoms with Crippen LogP contribution in [-0.4, -0.2) is 39.5 Å². The SMILES string of the molecule is CCOC(=O)Cn1c(C)c(Cc2ccccc2SN2CCCC2)c2scnc21. The lowest BCUT2D eigenvalue weighted by molar-refractivity contribution is -0.143. The van der Waals surface area contributed by atoms with Crippen molar-refractivity contribution in [1.82, 2.24) is 13.9 Å². The minimum Gasteiger partial charge on any atom is -0.465 e. The second kappa shape index (κ2) is 8.68. The van der Waals surface area contributed by atoms with Gasteiger partial charge in [-0.25, -0.2) is 9.29 Å². The van der Waals surface area contributed by atoms with Crippen molar-refractivity contribution in [3.63, 3.8) is 0 Å². The third kappa shape index (κ3) is 3.97. The molecule has 2 aromatic heterocycles. The summed E-state index contributed by atoms with van der Waals surface area (Å²) < 4.78 is 10.8. The molecule has 0 spiro atoms. The van der Waals surface area contributed by atoms with Crippen molar-refractivity contribution in [3.8, 4) is 0 Å². The zero-order valence-corrected chi connectivity index (χ0v) is 17.9. The molecule has 0 amide bonds. The standard InChI is InChI=1S/C21H25N3O2S2/c1-3-26-19(25)13-24-15(2)17(20-21(24)22-14-27-20)12-16-8-4-5-9-18(16)28-23-10-6-7-11-23/h4-5,8-9,14H,3,6-7,10-13H2,1-2H3. The van der Waals surface area contributed by atoms with E-state index in [1.165, 1.54) is 33.6 Å². The molecule has 0 unspecified atom stereocenters. The fraction of sp³-hybridized carbons (Fsp3) is 0.429. The first-order valence-corrected chi connectivity index (χ1v) is 11.4. The molecule has 0 bridgehead atoms. The largest absolute Gasteiger partial charge is 0.465 e. The fourth-order valence-electron chi connectivity index (χ4n) is 3.71. The number of rotatable bonds is 7. The molecule has 0 atom stereocenters. The summed E-state index contributed by atoms with van der Waals surface area (Å²) >= 11 is 3.52. The van der Waals surface area contributed by atoms with Gasteiger partial charge in [-0.05, 0) is 55.8 Å². The zero-order valence-electron chi connectivity index (χ0n) is 16.3. The van der Waals surface area contributed by atoms with Gasteiger partial charge in [0.2, 0.25) is 0 Å². The average Bonchev–Trinajstić information content (AvgIpc) is 3.40. The number of benzene rings is 1. The van der Waals surface area contributed by atoms with Crippen molar-refractivity contribution in [2.75, 3.05) is 19.7 Å². The Morgan fingerprint density at radius 1 is 1.29 bits per heavy atom. The second-order valence-electron chi connectivity index (χ2n) is 6.97. The van der Waals surface area contributed by atoms with Crippen molar-refractivity contribution in [2.45, 2.75) is 44.6 Å². The molecule has 1 aliphatic heterocycles. The van der Waals surface area contributed by atoms with E-state index in [9.17, 15) is 4.79 Å². The van der Waals surface area contributed by atoms with E-state index in [1.54, 1.807) is 11.3 Å². The Labute approximate surface area is 173 Å². The summed E-state index contributed by atoms with van der Waals surface area (Å²) in [5, 5.41) is 0. The molecule has 28 heavy (non-hydrogen) atoms. The highest BCUT2D eigenvalue weighted by atomic mass is 32.2. The lowest BCUT2D eigenvalue weighted by Gasteiger charge is -2.16. The molecule has 1 fully saturated rings. The van der Waals surface area contributed by atoms with Crippen LogP contribution in [0.15, 0.2) is 34.7 Å². The van der Waals surface area contributed by atoms with Gasteiger partial charge in [0, 0.05) is 30.1 Å². The average molecular weight is 416 g/mol. The van der Waals surface area contributed by atoms with E-state index >= 15 is 0 Å². The third-order valence-corrected chi connectivity index (χ3v) is 7.24. The molecule has 1 saturated heterocycles. The fourth-order valence-corrected chi connectivity index (χ4v) is 5.71. The maximum atomic E-state index is 12.1. The van der Waals surface area contributed by atoms with Crippen molar-refractivity contribution in [2.24, 2.45) is 0 Å². The monoisotopic (exact) mass is 415 g/mol. The lowest BCUT2D eigenvalue weighted by Crippen LogP contribution is -2.14. The van der Waals surface area contributed by atoms with Gasteiger partial charge in [-0.3, -0.25) is 4.79 Å². The van der Waals surface area contributed by atoms with E-state index in [0.717, 1.165) is 30.9 Å². The van der Waals surface area contributed by atoms with Crippen molar-refractivity contribution in [1.29, 1.82) is 0 Å². The van der Waals surface area contributed by atoms with Crippen LogP contribution in [0.5, 0.6) is 0 Å². The summed E-state index contributed by atoms with van der Waals surface area (Å²) in [5.74, 6) is -0.216. The van der Waals surface area contributed by atoms with Crippen molar-refractivity contribution < 1.29 is 9.53 Å². The molecule has 0 saturated carbocycles. The number of hydrogen-bond acceptors (Lipinski definition) is 6. The molecular weight excluding hydrogens is 390 g/mol. The van der Waals surface area contributed by atoms with Crippen molar-refractivity contribution >= 4 is 39.6 Å². The highest BCUT2D eigenvalue weighted by molar-refractivity contribution is 7.97. The summed E-state index contributed by atoms with van der Waals surface area (Å²) in [6.07, 6.45) is 3.41. The molecule has 0 N–H and O–H groups in total. The molecule has 4 rings (SSSR count). The molecule has 148 valence electrons. The Hall–Kier alpha value is -1.83. The number of esters is 1. The Morgan fingerprint density at radius 3 is 2.86 bits per heavy atom. The number of fused-ring (bicyclic) bond motifs is 1. The Morgan fingerprint density at radius 2 is 2.07 bits per heavy atom. The van der Waals surface area contributed by atoms with Gasteiger partial charge in [0.05, 0.1) is 16.8 Å². The van der Waals surface area contributed by atoms with Crippen molar-refractivity contribution in [3.05, 3.63) is 46.6 Å². The Balaban J connectivity index is 1.64. The summed E-state index contributed by atoms with van der Waals surface area (Å²) in [5.41, 5.74) is 6.43. The van der Waals surface area contributed by atoms with Crippen LogP contribution in [0.2, 0.25) is 0 Å². The highest BCUT2D eigenvalue weighted by Crippen LogP contribution is 2.34. The van der Waals surface area contributed by atoms with Gasteiger partial charge in [0.25, 0.3) is 0 Å². The van der Waals surface area contributed by atoms with Crippen LogP contribution < -0.4 is 0 Å². The van der Waals surface area contributed by atoms with Crippen LogP contribution in [0, 0.1) is 6.92 Å².